The second-order valence-electron chi connectivity index (χ2n) is 13.4. The second-order valence-corrected chi connectivity index (χ2v) is 13.4. The van der Waals surface area contributed by atoms with Crippen LogP contribution < -0.4 is 25.8 Å². The standard InChI is InChI=1S/C37H42N8O5/c1-23-30-22-39-37(42-34(30)45(26-5-3-4-6-26)36(49)33(23)24(2)46)40-31-13-9-27(21-38-31)44-17-15-43(16-18-44)19-20-50-28-10-7-25(8-11-28)29-12-14-32(47)41-35(29)48/h7-11,13,21-22,26,29H,3-6,12,14-20H2,1-2H3,(H,41,47,48)(H,38,39,40,42). The number of aryl methyl sites for hydroxylation is 1. The number of nitrogens with zero attached hydrogens (tertiary/aromatic N) is 6. The first kappa shape index (κ1) is 33.3. The van der Waals surface area contributed by atoms with Crippen LogP contribution in [0.2, 0.25) is 0 Å². The lowest BCUT2D eigenvalue weighted by Crippen LogP contribution is -2.47. The Morgan fingerprint density at radius 2 is 1.72 bits per heavy atom. The van der Waals surface area contributed by atoms with Gasteiger partial charge in [0.05, 0.1) is 23.4 Å². The maximum absolute atomic E-state index is 13.5. The largest absolute Gasteiger partial charge is 0.492 e. The molecule has 2 saturated heterocycles. The molecule has 5 heterocycles. The summed E-state index contributed by atoms with van der Waals surface area (Å²) in [7, 11) is 0. The van der Waals surface area contributed by atoms with Crippen LogP contribution in [0.1, 0.15) is 78.9 Å². The van der Waals surface area contributed by atoms with Crippen molar-refractivity contribution in [2.75, 3.05) is 49.5 Å². The van der Waals surface area contributed by atoms with Crippen LogP contribution in [0.15, 0.2) is 53.6 Å². The van der Waals surface area contributed by atoms with E-state index in [9.17, 15) is 19.2 Å². The highest BCUT2D eigenvalue weighted by Crippen LogP contribution is 2.32. The number of benzene rings is 1. The van der Waals surface area contributed by atoms with Crippen LogP contribution in [0.5, 0.6) is 5.75 Å². The van der Waals surface area contributed by atoms with Gasteiger partial charge < -0.3 is 15.0 Å². The van der Waals surface area contributed by atoms with Crippen molar-refractivity contribution in [2.45, 2.75) is 64.3 Å². The van der Waals surface area contributed by atoms with Gasteiger partial charge in [0.2, 0.25) is 17.8 Å². The van der Waals surface area contributed by atoms with Gasteiger partial charge in [-0.25, -0.2) is 9.97 Å². The number of ether oxygens (including phenoxy) is 1. The Morgan fingerprint density at radius 3 is 2.40 bits per heavy atom. The Kier molecular flexibility index (Phi) is 9.57. The number of piperazine rings is 1. The number of imide groups is 1. The van der Waals surface area contributed by atoms with E-state index in [1.165, 1.54) is 6.92 Å². The van der Waals surface area contributed by atoms with Crippen molar-refractivity contribution in [3.8, 4) is 5.75 Å². The molecule has 7 rings (SSSR count). The molecule has 3 fully saturated rings. The molecule has 2 aliphatic heterocycles. The molecular weight excluding hydrogens is 636 g/mol. The summed E-state index contributed by atoms with van der Waals surface area (Å²) in [6.45, 7) is 8.12. The molecule has 0 spiro atoms. The second kappa shape index (κ2) is 14.4. The predicted molar refractivity (Wildman–Crippen MR) is 189 cm³/mol. The van der Waals surface area contributed by atoms with Crippen LogP contribution in [0.25, 0.3) is 11.0 Å². The number of nitrogens with one attached hydrogen (secondary N) is 2. The lowest BCUT2D eigenvalue weighted by atomic mass is 9.90. The fraction of sp³-hybridized carbons (Fsp3) is 0.432. The van der Waals surface area contributed by atoms with Gasteiger partial charge in [-0.1, -0.05) is 25.0 Å². The number of hydrogen-bond donors (Lipinski definition) is 2. The van der Waals surface area contributed by atoms with Gasteiger partial charge in [-0.15, -0.1) is 0 Å². The number of pyridine rings is 2. The maximum atomic E-state index is 13.5. The van der Waals surface area contributed by atoms with E-state index >= 15 is 0 Å². The average molecular weight is 679 g/mol. The van der Waals surface area contributed by atoms with Crippen LogP contribution in [0.3, 0.4) is 0 Å². The molecule has 1 saturated carbocycles. The summed E-state index contributed by atoms with van der Waals surface area (Å²) in [5, 5.41) is 6.32. The molecule has 13 nitrogen and oxygen atoms in total. The fourth-order valence-electron chi connectivity index (χ4n) is 7.40. The van der Waals surface area contributed by atoms with Gasteiger partial charge in [-0.05, 0) is 68.5 Å². The number of rotatable bonds is 10. The maximum Gasteiger partial charge on any atom is 0.263 e. The first-order valence-corrected chi connectivity index (χ1v) is 17.4. The van der Waals surface area contributed by atoms with Gasteiger partial charge in [0.1, 0.15) is 23.8 Å². The molecule has 4 aromatic rings. The van der Waals surface area contributed by atoms with Gasteiger partial charge in [0.15, 0.2) is 5.78 Å². The van der Waals surface area contributed by atoms with Crippen LogP contribution >= 0.6 is 0 Å². The molecule has 1 aliphatic carbocycles. The third-order valence-corrected chi connectivity index (χ3v) is 10.2. The van der Waals surface area contributed by atoms with Crippen LogP contribution in [-0.4, -0.2) is 81.3 Å². The molecule has 2 N–H and O–H groups in total. The topological polar surface area (TPSA) is 152 Å². The molecule has 2 amide bonds. The monoisotopic (exact) mass is 678 g/mol. The fourth-order valence-corrected chi connectivity index (χ4v) is 7.40. The molecule has 13 heteroatoms. The summed E-state index contributed by atoms with van der Waals surface area (Å²) < 4.78 is 7.70. The van der Waals surface area contributed by atoms with Crippen molar-refractivity contribution < 1.29 is 19.1 Å². The van der Waals surface area contributed by atoms with Gasteiger partial charge in [0, 0.05) is 56.8 Å². The minimum Gasteiger partial charge on any atom is -0.492 e. The highest BCUT2D eigenvalue weighted by Gasteiger charge is 2.28. The Bertz CT molecular complexity index is 1960. The van der Waals surface area contributed by atoms with Crippen molar-refractivity contribution in [1.82, 2.24) is 29.7 Å². The number of carbonyl (C=O) groups is 3. The van der Waals surface area contributed by atoms with E-state index in [1.54, 1.807) is 17.7 Å². The quantitative estimate of drug-likeness (QED) is 0.183. The van der Waals surface area contributed by atoms with Crippen LogP contribution in [0, 0.1) is 6.92 Å². The van der Waals surface area contributed by atoms with Gasteiger partial charge >= 0.3 is 0 Å². The summed E-state index contributed by atoms with van der Waals surface area (Å²) >= 11 is 0. The van der Waals surface area contributed by atoms with Gasteiger partial charge in [-0.2, -0.15) is 4.98 Å². The molecule has 3 aliphatic rings. The summed E-state index contributed by atoms with van der Waals surface area (Å²) in [5.41, 5.74) is 3.04. The number of amides is 2. The highest BCUT2D eigenvalue weighted by atomic mass is 16.5. The van der Waals surface area contributed by atoms with E-state index in [4.69, 9.17) is 9.72 Å². The summed E-state index contributed by atoms with van der Waals surface area (Å²) in [5.74, 6) is 0.724. The molecule has 1 unspecified atom stereocenters. The number of anilines is 3. The SMILES string of the molecule is CC(=O)c1c(C)c2cnc(Nc3ccc(N4CCN(CCOc5ccc(C6CCC(=O)NC6=O)cc5)CC4)cn3)nc2n(C2CCCC2)c1=O. The molecule has 50 heavy (non-hydrogen) atoms. The molecule has 1 atom stereocenters. The molecule has 260 valence electrons. The summed E-state index contributed by atoms with van der Waals surface area (Å²) in [4.78, 5) is 68.1. The van der Waals surface area contributed by atoms with Crippen molar-refractivity contribution in [1.29, 1.82) is 0 Å². The first-order chi connectivity index (χ1) is 24.2. The van der Waals surface area contributed by atoms with E-state index in [1.807, 2.05) is 42.6 Å². The van der Waals surface area contributed by atoms with Gasteiger partial charge in [0.25, 0.3) is 5.56 Å². The normalized spacial score (nSPS) is 18.8. The Hall–Kier alpha value is -5.17. The van der Waals surface area contributed by atoms with Crippen LogP contribution in [0.4, 0.5) is 17.5 Å². The van der Waals surface area contributed by atoms with Crippen molar-refractivity contribution in [3.63, 3.8) is 0 Å². The smallest absolute Gasteiger partial charge is 0.263 e. The minimum absolute atomic E-state index is 0.0164. The van der Waals surface area contributed by atoms with E-state index in [0.717, 1.165) is 75.4 Å². The number of carbonyl (C=O) groups excluding carboxylic acids is 3. The molecule has 0 radical (unpaired) electrons. The zero-order valence-electron chi connectivity index (χ0n) is 28.5. The van der Waals surface area contributed by atoms with Gasteiger partial charge in [-0.3, -0.25) is 34.0 Å². The number of fused-ring (bicyclic) bond motifs is 1. The van der Waals surface area contributed by atoms with E-state index < -0.39 is 0 Å². The molecule has 3 aromatic heterocycles. The average Bonchev–Trinajstić information content (AvgIpc) is 3.64. The van der Waals surface area contributed by atoms with E-state index in [-0.39, 0.29) is 40.7 Å². The number of ketones is 1. The Labute approximate surface area is 290 Å². The molecule has 0 bridgehead atoms. The van der Waals surface area contributed by atoms with E-state index in [2.05, 4.69) is 30.4 Å². The number of Topliss-reactive ketones (excluding diaryl/α,β-unsaturated/α-hetero) is 1. The highest BCUT2D eigenvalue weighted by molar-refractivity contribution is 6.01. The summed E-state index contributed by atoms with van der Waals surface area (Å²) in [6.07, 6.45) is 8.29. The number of aromatic nitrogens is 4. The molecular formula is C37H42N8O5. The lowest BCUT2D eigenvalue weighted by molar-refractivity contribution is -0.134. The van der Waals surface area contributed by atoms with Crippen molar-refractivity contribution >= 4 is 46.1 Å². The molecule has 1 aromatic carbocycles. The predicted octanol–water partition coefficient (Wildman–Crippen LogP) is 4.28. The van der Waals surface area contributed by atoms with Crippen molar-refractivity contribution in [2.24, 2.45) is 0 Å². The number of hydrogen-bond acceptors (Lipinski definition) is 11. The first-order valence-electron chi connectivity index (χ1n) is 17.4. The van der Waals surface area contributed by atoms with Crippen LogP contribution in [-0.2, 0) is 9.59 Å². The third kappa shape index (κ3) is 6.95. The van der Waals surface area contributed by atoms with E-state index in [0.29, 0.717) is 47.8 Å². The Balaban J connectivity index is 0.924. The zero-order valence-corrected chi connectivity index (χ0v) is 28.5. The zero-order chi connectivity index (χ0) is 34.8. The summed E-state index contributed by atoms with van der Waals surface area (Å²) in [6, 6.07) is 11.5. The Morgan fingerprint density at radius 1 is 0.960 bits per heavy atom. The van der Waals surface area contributed by atoms with Crippen molar-refractivity contribution in [3.05, 3.63) is 75.8 Å². The lowest BCUT2D eigenvalue weighted by Gasteiger charge is -2.35. The third-order valence-electron chi connectivity index (χ3n) is 10.2. The number of piperidine rings is 1. The minimum atomic E-state index is -0.296.